The van der Waals surface area contributed by atoms with Gasteiger partial charge in [0.15, 0.2) is 0 Å². The number of ether oxygens (including phenoxy) is 1. The predicted molar refractivity (Wildman–Crippen MR) is 63.9 cm³/mol. The van der Waals surface area contributed by atoms with E-state index in [0.29, 0.717) is 6.04 Å². The van der Waals surface area contributed by atoms with E-state index in [4.69, 9.17) is 4.74 Å². The number of likely N-dealkylation sites (tertiary alicyclic amines) is 1. The number of nitrogens with one attached hydrogen (secondary N) is 1. The van der Waals surface area contributed by atoms with Crippen LogP contribution in [0, 0.1) is 0 Å². The van der Waals surface area contributed by atoms with Crippen molar-refractivity contribution in [3.05, 3.63) is 12.8 Å². The first kappa shape index (κ1) is 12.5. The zero-order valence-electron chi connectivity index (χ0n) is 9.87. The van der Waals surface area contributed by atoms with Crippen molar-refractivity contribution in [2.45, 2.75) is 31.7 Å². The fourth-order valence-electron chi connectivity index (χ4n) is 1.99. The minimum Gasteiger partial charge on any atom is -0.502 e. The van der Waals surface area contributed by atoms with Gasteiger partial charge in [0.05, 0.1) is 12.9 Å². The molecule has 0 saturated carbocycles. The van der Waals surface area contributed by atoms with Crippen LogP contribution in [-0.2, 0) is 4.74 Å². The zero-order chi connectivity index (χ0) is 10.9. The van der Waals surface area contributed by atoms with E-state index in [1.165, 1.54) is 38.6 Å². The van der Waals surface area contributed by atoms with Crippen LogP contribution in [0.1, 0.15) is 25.7 Å². The lowest BCUT2D eigenvalue weighted by Gasteiger charge is -2.16. The van der Waals surface area contributed by atoms with Gasteiger partial charge in [-0.2, -0.15) is 0 Å². The molecule has 0 aromatic heterocycles. The molecule has 0 radical (unpaired) electrons. The van der Waals surface area contributed by atoms with E-state index in [1.807, 2.05) is 0 Å². The Morgan fingerprint density at radius 1 is 1.47 bits per heavy atom. The summed E-state index contributed by atoms with van der Waals surface area (Å²) in [4.78, 5) is 2.42. The van der Waals surface area contributed by atoms with Gasteiger partial charge in [-0.1, -0.05) is 6.58 Å². The van der Waals surface area contributed by atoms with Crippen LogP contribution in [0.15, 0.2) is 12.8 Å². The monoisotopic (exact) mass is 212 g/mol. The maximum atomic E-state index is 5.08. The topological polar surface area (TPSA) is 24.5 Å². The van der Waals surface area contributed by atoms with Crippen LogP contribution in [-0.4, -0.2) is 44.2 Å². The standard InChI is InChI=1S/C12H24N2O/c1-3-15-11-5-8-13-12-6-4-9-14(2)10-7-12/h3,12-13H,1,4-11H2,2H3. The summed E-state index contributed by atoms with van der Waals surface area (Å²) in [7, 11) is 2.21. The zero-order valence-corrected chi connectivity index (χ0v) is 9.87. The highest BCUT2D eigenvalue weighted by Crippen LogP contribution is 2.09. The second kappa shape index (κ2) is 7.71. The van der Waals surface area contributed by atoms with E-state index in [0.717, 1.165) is 19.6 Å². The Balaban J connectivity index is 2.02. The van der Waals surface area contributed by atoms with Crippen LogP contribution >= 0.6 is 0 Å². The van der Waals surface area contributed by atoms with E-state index >= 15 is 0 Å². The van der Waals surface area contributed by atoms with Crippen LogP contribution in [0.25, 0.3) is 0 Å². The first-order chi connectivity index (χ1) is 7.33. The van der Waals surface area contributed by atoms with Gasteiger partial charge in [0, 0.05) is 6.04 Å². The fraction of sp³-hybridized carbons (Fsp3) is 0.833. The number of hydrogen-bond acceptors (Lipinski definition) is 3. The van der Waals surface area contributed by atoms with Crippen molar-refractivity contribution in [2.24, 2.45) is 0 Å². The minimum atomic E-state index is 0.707. The Hall–Kier alpha value is -0.540. The van der Waals surface area contributed by atoms with Gasteiger partial charge in [0.1, 0.15) is 0 Å². The van der Waals surface area contributed by atoms with Gasteiger partial charge in [-0.15, -0.1) is 0 Å². The van der Waals surface area contributed by atoms with Crippen molar-refractivity contribution in [1.82, 2.24) is 10.2 Å². The van der Waals surface area contributed by atoms with E-state index in [9.17, 15) is 0 Å². The Morgan fingerprint density at radius 3 is 3.13 bits per heavy atom. The lowest BCUT2D eigenvalue weighted by Crippen LogP contribution is -2.31. The van der Waals surface area contributed by atoms with Crippen LogP contribution in [0.3, 0.4) is 0 Å². The molecule has 1 aliphatic heterocycles. The van der Waals surface area contributed by atoms with Crippen LogP contribution in [0.4, 0.5) is 0 Å². The Morgan fingerprint density at radius 2 is 2.33 bits per heavy atom. The normalized spacial score (nSPS) is 23.4. The molecular formula is C12H24N2O. The van der Waals surface area contributed by atoms with Gasteiger partial charge in [0.2, 0.25) is 0 Å². The predicted octanol–water partition coefficient (Wildman–Crippen LogP) is 1.61. The van der Waals surface area contributed by atoms with E-state index in [-0.39, 0.29) is 0 Å². The molecule has 1 aliphatic rings. The molecule has 0 spiro atoms. The molecule has 1 fully saturated rings. The summed E-state index contributed by atoms with van der Waals surface area (Å²) in [6.07, 6.45) is 6.49. The molecule has 1 N–H and O–H groups in total. The largest absolute Gasteiger partial charge is 0.502 e. The van der Waals surface area contributed by atoms with E-state index in [1.54, 1.807) is 0 Å². The molecule has 3 heteroatoms. The van der Waals surface area contributed by atoms with Crippen LogP contribution < -0.4 is 5.32 Å². The quantitative estimate of drug-likeness (QED) is 0.535. The van der Waals surface area contributed by atoms with Gasteiger partial charge < -0.3 is 15.0 Å². The molecule has 0 aliphatic carbocycles. The van der Waals surface area contributed by atoms with Crippen molar-refractivity contribution in [1.29, 1.82) is 0 Å². The first-order valence-electron chi connectivity index (χ1n) is 5.97. The summed E-state index contributed by atoms with van der Waals surface area (Å²) in [5.74, 6) is 0. The smallest absolute Gasteiger partial charge is 0.0885 e. The van der Waals surface area contributed by atoms with Crippen LogP contribution in [0.5, 0.6) is 0 Å². The first-order valence-corrected chi connectivity index (χ1v) is 5.97. The Kier molecular flexibility index (Phi) is 6.44. The molecule has 1 atom stereocenters. The molecule has 88 valence electrons. The second-order valence-corrected chi connectivity index (χ2v) is 4.28. The molecule has 3 nitrogen and oxygen atoms in total. The molecule has 15 heavy (non-hydrogen) atoms. The molecule has 0 amide bonds. The summed E-state index contributed by atoms with van der Waals surface area (Å²) in [5, 5.41) is 3.60. The highest BCUT2D eigenvalue weighted by atomic mass is 16.5. The van der Waals surface area contributed by atoms with E-state index < -0.39 is 0 Å². The Bertz CT molecular complexity index is 173. The second-order valence-electron chi connectivity index (χ2n) is 4.28. The van der Waals surface area contributed by atoms with Gasteiger partial charge in [-0.25, -0.2) is 0 Å². The third-order valence-electron chi connectivity index (χ3n) is 2.94. The molecule has 0 bridgehead atoms. The number of nitrogens with zero attached hydrogens (tertiary/aromatic N) is 1. The SMILES string of the molecule is C=COCCCNC1CCCN(C)CC1. The number of rotatable bonds is 6. The molecular weight excluding hydrogens is 188 g/mol. The van der Waals surface area contributed by atoms with Crippen molar-refractivity contribution < 1.29 is 4.74 Å². The van der Waals surface area contributed by atoms with E-state index in [2.05, 4.69) is 23.8 Å². The molecule has 1 rings (SSSR count). The maximum Gasteiger partial charge on any atom is 0.0885 e. The summed E-state index contributed by atoms with van der Waals surface area (Å²) in [5.41, 5.74) is 0. The molecule has 1 heterocycles. The third-order valence-corrected chi connectivity index (χ3v) is 2.94. The summed E-state index contributed by atoms with van der Waals surface area (Å²) < 4.78 is 5.08. The number of hydrogen-bond donors (Lipinski definition) is 1. The molecule has 0 aromatic rings. The van der Waals surface area contributed by atoms with Crippen molar-refractivity contribution in [3.63, 3.8) is 0 Å². The third kappa shape index (κ3) is 5.80. The molecule has 1 saturated heterocycles. The molecule has 0 aromatic carbocycles. The highest BCUT2D eigenvalue weighted by molar-refractivity contribution is 4.73. The van der Waals surface area contributed by atoms with Crippen molar-refractivity contribution in [3.8, 4) is 0 Å². The van der Waals surface area contributed by atoms with Gasteiger partial charge in [0.25, 0.3) is 0 Å². The minimum absolute atomic E-state index is 0.707. The average molecular weight is 212 g/mol. The maximum absolute atomic E-state index is 5.08. The highest BCUT2D eigenvalue weighted by Gasteiger charge is 2.13. The summed E-state index contributed by atoms with van der Waals surface area (Å²) in [6.45, 7) is 7.83. The fourth-order valence-corrected chi connectivity index (χ4v) is 1.99. The van der Waals surface area contributed by atoms with Crippen LogP contribution in [0.2, 0.25) is 0 Å². The summed E-state index contributed by atoms with van der Waals surface area (Å²) >= 11 is 0. The van der Waals surface area contributed by atoms with Gasteiger partial charge >= 0.3 is 0 Å². The van der Waals surface area contributed by atoms with Crippen molar-refractivity contribution in [2.75, 3.05) is 33.3 Å². The van der Waals surface area contributed by atoms with Gasteiger partial charge in [-0.05, 0) is 52.4 Å². The lowest BCUT2D eigenvalue weighted by molar-refractivity contribution is 0.242. The average Bonchev–Trinajstić information content (AvgIpc) is 2.43. The lowest BCUT2D eigenvalue weighted by atomic mass is 10.1. The molecule has 1 unspecified atom stereocenters. The summed E-state index contributed by atoms with van der Waals surface area (Å²) in [6, 6.07) is 0.707. The Labute approximate surface area is 93.5 Å². The van der Waals surface area contributed by atoms with Gasteiger partial charge in [-0.3, -0.25) is 0 Å². The van der Waals surface area contributed by atoms with Crippen molar-refractivity contribution >= 4 is 0 Å².